The maximum Gasteiger partial charge on any atom is 0.224 e. The molecule has 2 aliphatic rings. The third-order valence-corrected chi connectivity index (χ3v) is 6.56. The first-order valence-corrected chi connectivity index (χ1v) is 11.5. The van der Waals surface area contributed by atoms with Gasteiger partial charge in [0.1, 0.15) is 6.29 Å². The molecule has 3 aromatic rings. The lowest BCUT2D eigenvalue weighted by molar-refractivity contribution is -0.127. The highest BCUT2D eigenvalue weighted by Crippen LogP contribution is 2.30. The van der Waals surface area contributed by atoms with Crippen LogP contribution in [0.4, 0.5) is 0 Å². The second-order valence-electron chi connectivity index (χ2n) is 8.60. The maximum absolute atomic E-state index is 12.5. The van der Waals surface area contributed by atoms with Crippen LogP contribution in [0, 0.1) is 0 Å². The van der Waals surface area contributed by atoms with Gasteiger partial charge in [0.25, 0.3) is 0 Å². The lowest BCUT2D eigenvalue weighted by atomic mass is 9.96. The highest BCUT2D eigenvalue weighted by molar-refractivity contribution is 5.78. The predicted octanol–water partition coefficient (Wildman–Crippen LogP) is 3.53. The monoisotopic (exact) mass is 426 g/mol. The molecule has 2 aliphatic heterocycles. The van der Waals surface area contributed by atoms with Crippen molar-refractivity contribution in [3.05, 3.63) is 108 Å². The van der Waals surface area contributed by atoms with E-state index in [9.17, 15) is 4.79 Å². The van der Waals surface area contributed by atoms with Gasteiger partial charge in [-0.1, -0.05) is 91.0 Å². The first kappa shape index (κ1) is 20.9. The third kappa shape index (κ3) is 4.60. The molecule has 1 amide bonds. The Morgan fingerprint density at radius 2 is 1.25 bits per heavy atom. The average Bonchev–Trinajstić information content (AvgIpc) is 2.86. The van der Waals surface area contributed by atoms with Crippen molar-refractivity contribution in [1.29, 1.82) is 0 Å². The highest BCUT2D eigenvalue weighted by atomic mass is 16.2. The lowest BCUT2D eigenvalue weighted by Crippen LogP contribution is -2.64. The largest absolute Gasteiger partial charge is 0.328 e. The van der Waals surface area contributed by atoms with Gasteiger partial charge in [-0.15, -0.1) is 0 Å². The summed E-state index contributed by atoms with van der Waals surface area (Å²) < 4.78 is 0. The zero-order valence-corrected chi connectivity index (χ0v) is 18.2. The molecule has 2 heterocycles. The molecule has 5 nitrogen and oxygen atoms in total. The van der Waals surface area contributed by atoms with Gasteiger partial charge in [0.15, 0.2) is 0 Å². The Hall–Kier alpha value is -2.99. The van der Waals surface area contributed by atoms with E-state index < -0.39 is 0 Å². The number of carbonyl (C=O) groups is 1. The van der Waals surface area contributed by atoms with E-state index in [1.165, 1.54) is 16.7 Å². The number of hydrogen-bond acceptors (Lipinski definition) is 4. The second-order valence-corrected chi connectivity index (χ2v) is 8.60. The van der Waals surface area contributed by atoms with Gasteiger partial charge in [-0.25, -0.2) is 0 Å². The van der Waals surface area contributed by atoms with Crippen molar-refractivity contribution < 1.29 is 4.79 Å². The minimum Gasteiger partial charge on any atom is -0.328 e. The number of rotatable bonds is 5. The van der Waals surface area contributed by atoms with Crippen molar-refractivity contribution in [3.8, 4) is 0 Å². The van der Waals surface area contributed by atoms with E-state index in [4.69, 9.17) is 0 Å². The summed E-state index contributed by atoms with van der Waals surface area (Å²) in [6.45, 7) is 3.68. The summed E-state index contributed by atoms with van der Waals surface area (Å²) in [5.74, 6) is 0.108. The highest BCUT2D eigenvalue weighted by Gasteiger charge is 2.34. The number of nitrogens with one attached hydrogen (secondary N) is 2. The Bertz CT molecular complexity index is 964. The molecule has 3 aromatic carbocycles. The molecule has 32 heavy (non-hydrogen) atoms. The third-order valence-electron chi connectivity index (χ3n) is 6.56. The Kier molecular flexibility index (Phi) is 6.30. The molecule has 2 atom stereocenters. The molecule has 2 unspecified atom stereocenters. The summed E-state index contributed by atoms with van der Waals surface area (Å²) in [6, 6.07) is 32.1. The summed E-state index contributed by atoms with van der Waals surface area (Å²) in [5.41, 5.74) is 3.81. The molecule has 0 saturated carbocycles. The Morgan fingerprint density at radius 1 is 0.719 bits per heavy atom. The molecule has 0 aliphatic carbocycles. The van der Waals surface area contributed by atoms with Crippen LogP contribution in [-0.2, 0) is 4.79 Å². The summed E-state index contributed by atoms with van der Waals surface area (Å²) in [7, 11) is 0. The Labute approximate surface area is 190 Å². The molecule has 2 saturated heterocycles. The zero-order valence-electron chi connectivity index (χ0n) is 18.2. The fraction of sp³-hybridized carbons (Fsp3) is 0.296. The number of piperazine rings is 1. The molecular formula is C27H30N4O. The van der Waals surface area contributed by atoms with Crippen molar-refractivity contribution in [2.45, 2.75) is 24.8 Å². The first-order chi connectivity index (χ1) is 15.8. The molecule has 164 valence electrons. The van der Waals surface area contributed by atoms with Gasteiger partial charge in [-0.3, -0.25) is 19.9 Å². The number of carbonyl (C=O) groups excluding carboxylic acids is 1. The number of nitrogens with zero attached hydrogens (tertiary/aromatic N) is 2. The van der Waals surface area contributed by atoms with Gasteiger partial charge in [-0.2, -0.15) is 0 Å². The van der Waals surface area contributed by atoms with E-state index in [0.717, 1.165) is 26.2 Å². The van der Waals surface area contributed by atoms with Gasteiger partial charge >= 0.3 is 0 Å². The van der Waals surface area contributed by atoms with E-state index in [2.05, 4.69) is 93.2 Å². The van der Waals surface area contributed by atoms with Crippen LogP contribution in [0.5, 0.6) is 0 Å². The molecule has 5 rings (SSSR count). The van der Waals surface area contributed by atoms with Gasteiger partial charge in [0, 0.05) is 38.6 Å². The Balaban J connectivity index is 1.29. The molecule has 2 fully saturated rings. The predicted molar refractivity (Wildman–Crippen MR) is 127 cm³/mol. The van der Waals surface area contributed by atoms with Crippen LogP contribution in [0.15, 0.2) is 91.0 Å². The standard InChI is InChI=1S/C27H30N4O/c32-25-20-24(21-10-4-1-5-11-21)28-27(29-25)31-18-16-30(17-19-31)26(22-12-6-2-7-13-22)23-14-8-3-9-15-23/h1-15,24,26-28H,16-20H2,(H,29,32). The van der Waals surface area contributed by atoms with Crippen molar-refractivity contribution >= 4 is 5.91 Å². The summed E-state index contributed by atoms with van der Waals surface area (Å²) >= 11 is 0. The normalized spacial score (nSPS) is 22.6. The van der Waals surface area contributed by atoms with Crippen LogP contribution in [-0.4, -0.2) is 48.2 Å². The van der Waals surface area contributed by atoms with Crippen molar-refractivity contribution in [1.82, 2.24) is 20.4 Å². The van der Waals surface area contributed by atoms with E-state index in [1.807, 2.05) is 18.2 Å². The summed E-state index contributed by atoms with van der Waals surface area (Å²) in [5, 5.41) is 6.80. The Morgan fingerprint density at radius 3 is 1.81 bits per heavy atom. The lowest BCUT2D eigenvalue weighted by Gasteiger charge is -2.45. The van der Waals surface area contributed by atoms with Crippen LogP contribution in [0.1, 0.15) is 35.2 Å². The van der Waals surface area contributed by atoms with Gasteiger partial charge in [0.05, 0.1) is 6.04 Å². The molecule has 2 N–H and O–H groups in total. The molecule has 0 radical (unpaired) electrons. The smallest absolute Gasteiger partial charge is 0.224 e. The van der Waals surface area contributed by atoms with Crippen molar-refractivity contribution in [2.75, 3.05) is 26.2 Å². The summed E-state index contributed by atoms with van der Waals surface area (Å²) in [4.78, 5) is 17.4. The van der Waals surface area contributed by atoms with E-state index in [1.54, 1.807) is 0 Å². The average molecular weight is 427 g/mol. The number of benzene rings is 3. The molecule has 0 aromatic heterocycles. The quantitative estimate of drug-likeness (QED) is 0.655. The van der Waals surface area contributed by atoms with Crippen LogP contribution < -0.4 is 10.6 Å². The first-order valence-electron chi connectivity index (χ1n) is 11.5. The molecule has 0 spiro atoms. The van der Waals surface area contributed by atoms with E-state index >= 15 is 0 Å². The van der Waals surface area contributed by atoms with Gasteiger partial charge in [-0.05, 0) is 16.7 Å². The fourth-order valence-electron chi connectivity index (χ4n) is 4.92. The molecule has 5 heteroatoms. The second kappa shape index (κ2) is 9.65. The zero-order chi connectivity index (χ0) is 21.8. The van der Waals surface area contributed by atoms with Gasteiger partial charge in [0.2, 0.25) is 5.91 Å². The minimum absolute atomic E-state index is 0.0503. The van der Waals surface area contributed by atoms with Crippen LogP contribution >= 0.6 is 0 Å². The minimum atomic E-state index is -0.129. The SMILES string of the molecule is O=C1CC(c2ccccc2)NC(N2CCN(C(c3ccccc3)c3ccccc3)CC2)N1. The molecular weight excluding hydrogens is 396 g/mol. The number of amides is 1. The topological polar surface area (TPSA) is 47.6 Å². The van der Waals surface area contributed by atoms with E-state index in [-0.39, 0.29) is 24.3 Å². The van der Waals surface area contributed by atoms with Gasteiger partial charge < -0.3 is 5.32 Å². The van der Waals surface area contributed by atoms with Crippen LogP contribution in [0.2, 0.25) is 0 Å². The fourth-order valence-corrected chi connectivity index (χ4v) is 4.92. The maximum atomic E-state index is 12.5. The number of hydrogen-bond donors (Lipinski definition) is 2. The summed E-state index contributed by atoms with van der Waals surface area (Å²) in [6.07, 6.45) is 0.348. The van der Waals surface area contributed by atoms with E-state index in [0.29, 0.717) is 6.42 Å². The van der Waals surface area contributed by atoms with Crippen LogP contribution in [0.3, 0.4) is 0 Å². The van der Waals surface area contributed by atoms with Crippen molar-refractivity contribution in [2.24, 2.45) is 0 Å². The molecule has 0 bridgehead atoms. The van der Waals surface area contributed by atoms with Crippen LogP contribution in [0.25, 0.3) is 0 Å². The van der Waals surface area contributed by atoms with Crippen molar-refractivity contribution in [3.63, 3.8) is 0 Å².